The first kappa shape index (κ1) is 15.9. The average Bonchev–Trinajstić information content (AvgIpc) is 2.77. The molecule has 6 nitrogen and oxygen atoms in total. The lowest BCUT2D eigenvalue weighted by molar-refractivity contribution is -0.120. The number of fused-ring (bicyclic) bond motifs is 1. The number of hydrogen-bond donors (Lipinski definition) is 1. The van der Waals surface area contributed by atoms with E-state index in [0.29, 0.717) is 5.69 Å². The predicted molar refractivity (Wildman–Crippen MR) is 84.2 cm³/mol. The van der Waals surface area contributed by atoms with Crippen molar-refractivity contribution in [3.05, 3.63) is 35.7 Å². The number of rotatable bonds is 3. The third-order valence-corrected chi connectivity index (χ3v) is 5.59. The maximum Gasteiger partial charge on any atom is 0.190 e. The van der Waals surface area contributed by atoms with Gasteiger partial charge in [-0.25, -0.2) is 8.42 Å². The van der Waals surface area contributed by atoms with Gasteiger partial charge in [0.25, 0.3) is 0 Å². The highest BCUT2D eigenvalue weighted by Gasteiger charge is 2.43. The van der Waals surface area contributed by atoms with Crippen LogP contribution in [0.15, 0.2) is 50.8 Å². The number of carbonyl (C=O) groups excluding carboxylic acids is 1. The standard InChI is InChI=1S/C16H18N2O4S/c1-23(21,22)11-8-6-10(7-9-11)17-18-14-15(19)12-4-2-3-5-13(12)16(14)20/h6-9,12-13,19H,2-5H2,1H3. The van der Waals surface area contributed by atoms with Crippen LogP contribution in [0.25, 0.3) is 0 Å². The monoisotopic (exact) mass is 334 g/mol. The van der Waals surface area contributed by atoms with Crippen molar-refractivity contribution < 1.29 is 18.3 Å². The van der Waals surface area contributed by atoms with E-state index >= 15 is 0 Å². The SMILES string of the molecule is CS(=O)(=O)c1ccc(N=NC2=C(O)C3CCCCC3C2=O)cc1. The van der Waals surface area contributed by atoms with E-state index in [1.807, 2.05) is 0 Å². The number of nitrogens with zero attached hydrogens (tertiary/aromatic N) is 2. The molecule has 0 bridgehead atoms. The van der Waals surface area contributed by atoms with Gasteiger partial charge in [-0.15, -0.1) is 5.11 Å². The lowest BCUT2D eigenvalue weighted by Crippen LogP contribution is -2.21. The molecule has 122 valence electrons. The molecule has 7 heteroatoms. The van der Waals surface area contributed by atoms with E-state index in [1.54, 1.807) is 0 Å². The highest BCUT2D eigenvalue weighted by molar-refractivity contribution is 7.90. The summed E-state index contributed by atoms with van der Waals surface area (Å²) >= 11 is 0. The van der Waals surface area contributed by atoms with Gasteiger partial charge in [-0.3, -0.25) is 4.79 Å². The molecule has 2 atom stereocenters. The van der Waals surface area contributed by atoms with E-state index in [2.05, 4.69) is 10.2 Å². The van der Waals surface area contributed by atoms with Crippen LogP contribution in [0.1, 0.15) is 25.7 Å². The van der Waals surface area contributed by atoms with Crippen LogP contribution in [0.2, 0.25) is 0 Å². The summed E-state index contributed by atoms with van der Waals surface area (Å²) in [5.74, 6) is -0.358. The van der Waals surface area contributed by atoms with Gasteiger partial charge in [0.1, 0.15) is 5.76 Å². The Bertz CT molecular complexity index is 794. The highest BCUT2D eigenvalue weighted by Crippen LogP contribution is 2.43. The molecule has 0 aromatic heterocycles. The number of allylic oxidation sites excluding steroid dienone is 2. The van der Waals surface area contributed by atoms with Crippen LogP contribution in [0.5, 0.6) is 0 Å². The molecule has 2 aliphatic rings. The van der Waals surface area contributed by atoms with E-state index in [1.165, 1.54) is 24.3 Å². The minimum Gasteiger partial charge on any atom is -0.510 e. The number of carbonyl (C=O) groups is 1. The largest absolute Gasteiger partial charge is 0.510 e. The van der Waals surface area contributed by atoms with Crippen molar-refractivity contribution in [2.24, 2.45) is 22.1 Å². The second kappa shape index (κ2) is 5.88. The number of aliphatic hydroxyl groups is 1. The van der Waals surface area contributed by atoms with Crippen LogP contribution in [-0.2, 0) is 14.6 Å². The van der Waals surface area contributed by atoms with Crippen LogP contribution >= 0.6 is 0 Å². The minimum atomic E-state index is -3.26. The molecule has 1 saturated carbocycles. The van der Waals surface area contributed by atoms with Gasteiger partial charge in [-0.2, -0.15) is 5.11 Å². The molecule has 1 aromatic rings. The van der Waals surface area contributed by atoms with Gasteiger partial charge in [0.2, 0.25) is 0 Å². The zero-order valence-corrected chi connectivity index (χ0v) is 13.6. The van der Waals surface area contributed by atoms with Crippen molar-refractivity contribution >= 4 is 21.3 Å². The number of ketones is 1. The Kier molecular flexibility index (Phi) is 4.06. The molecule has 0 aliphatic heterocycles. The first-order chi connectivity index (χ1) is 10.9. The van der Waals surface area contributed by atoms with Crippen molar-refractivity contribution in [1.29, 1.82) is 0 Å². The first-order valence-electron chi connectivity index (χ1n) is 7.57. The molecule has 1 aromatic carbocycles. The number of benzene rings is 1. The van der Waals surface area contributed by atoms with Crippen molar-refractivity contribution in [3.8, 4) is 0 Å². The third-order valence-electron chi connectivity index (χ3n) is 4.46. The lowest BCUT2D eigenvalue weighted by Gasteiger charge is -2.23. The smallest absolute Gasteiger partial charge is 0.190 e. The van der Waals surface area contributed by atoms with E-state index in [-0.39, 0.29) is 34.0 Å². The molecule has 2 unspecified atom stereocenters. The summed E-state index contributed by atoms with van der Waals surface area (Å²) in [5, 5.41) is 18.1. The molecule has 0 radical (unpaired) electrons. The number of Topliss-reactive ketones (excluding diaryl/α,β-unsaturated/α-hetero) is 1. The van der Waals surface area contributed by atoms with Crippen LogP contribution in [0.3, 0.4) is 0 Å². The van der Waals surface area contributed by atoms with Crippen LogP contribution in [-0.4, -0.2) is 25.6 Å². The van der Waals surface area contributed by atoms with Crippen LogP contribution in [0, 0.1) is 11.8 Å². The fourth-order valence-corrected chi connectivity index (χ4v) is 3.85. The number of hydrogen-bond acceptors (Lipinski definition) is 6. The highest BCUT2D eigenvalue weighted by atomic mass is 32.2. The van der Waals surface area contributed by atoms with Gasteiger partial charge in [0.15, 0.2) is 21.3 Å². The maximum absolute atomic E-state index is 12.3. The zero-order valence-electron chi connectivity index (χ0n) is 12.8. The normalized spacial score (nSPS) is 25.2. The maximum atomic E-state index is 12.3. The number of aliphatic hydroxyl groups excluding tert-OH is 1. The van der Waals surface area contributed by atoms with Crippen molar-refractivity contribution in [2.75, 3.05) is 6.26 Å². The topological polar surface area (TPSA) is 96.2 Å². The lowest BCUT2D eigenvalue weighted by atomic mass is 9.80. The first-order valence-corrected chi connectivity index (χ1v) is 9.46. The van der Waals surface area contributed by atoms with Crippen LogP contribution in [0.4, 0.5) is 5.69 Å². The second-order valence-electron chi connectivity index (χ2n) is 6.06. The van der Waals surface area contributed by atoms with E-state index in [4.69, 9.17) is 0 Å². The van der Waals surface area contributed by atoms with Crippen molar-refractivity contribution in [2.45, 2.75) is 30.6 Å². The Morgan fingerprint density at radius 1 is 1.04 bits per heavy atom. The second-order valence-corrected chi connectivity index (χ2v) is 8.08. The Balaban J connectivity index is 1.82. The van der Waals surface area contributed by atoms with E-state index in [9.17, 15) is 18.3 Å². The van der Waals surface area contributed by atoms with Gasteiger partial charge in [0.05, 0.1) is 10.6 Å². The summed E-state index contributed by atoms with van der Waals surface area (Å²) in [6.07, 6.45) is 4.73. The van der Waals surface area contributed by atoms with Crippen LogP contribution < -0.4 is 0 Å². The van der Waals surface area contributed by atoms with E-state index in [0.717, 1.165) is 31.9 Å². The van der Waals surface area contributed by atoms with Gasteiger partial charge in [0, 0.05) is 18.1 Å². The molecule has 0 saturated heterocycles. The molecule has 0 amide bonds. The number of azo groups is 1. The summed E-state index contributed by atoms with van der Waals surface area (Å²) in [5.41, 5.74) is 0.481. The van der Waals surface area contributed by atoms with Crippen molar-refractivity contribution in [1.82, 2.24) is 0 Å². The fourth-order valence-electron chi connectivity index (χ4n) is 3.22. The molecule has 1 fully saturated rings. The average molecular weight is 334 g/mol. The van der Waals surface area contributed by atoms with Crippen molar-refractivity contribution in [3.63, 3.8) is 0 Å². The zero-order chi connectivity index (χ0) is 16.6. The minimum absolute atomic E-state index is 0.0501. The summed E-state index contributed by atoms with van der Waals surface area (Å²) in [6, 6.07) is 5.91. The Hall–Kier alpha value is -2.02. The third kappa shape index (κ3) is 3.06. The molecular formula is C16H18N2O4S. The Labute approximate surface area is 134 Å². The quantitative estimate of drug-likeness (QED) is 0.857. The fraction of sp³-hybridized carbons (Fsp3) is 0.438. The predicted octanol–water partition coefficient (Wildman–Crippen LogP) is 3.33. The summed E-state index contributed by atoms with van der Waals surface area (Å²) in [6.45, 7) is 0. The molecule has 2 aliphatic carbocycles. The van der Waals surface area contributed by atoms with Gasteiger partial charge >= 0.3 is 0 Å². The Morgan fingerprint density at radius 2 is 1.65 bits per heavy atom. The molecule has 23 heavy (non-hydrogen) atoms. The summed E-state index contributed by atoms with van der Waals surface area (Å²) < 4.78 is 22.8. The van der Waals surface area contributed by atoms with Gasteiger partial charge in [-0.05, 0) is 37.1 Å². The molecule has 1 N–H and O–H groups in total. The molecule has 0 heterocycles. The van der Waals surface area contributed by atoms with Gasteiger partial charge < -0.3 is 5.11 Å². The number of sulfone groups is 1. The molecule has 3 rings (SSSR count). The summed E-state index contributed by atoms with van der Waals surface area (Å²) in [7, 11) is -3.26. The molecular weight excluding hydrogens is 316 g/mol. The molecule has 0 spiro atoms. The van der Waals surface area contributed by atoms with E-state index < -0.39 is 9.84 Å². The summed E-state index contributed by atoms with van der Waals surface area (Å²) in [4.78, 5) is 12.5. The van der Waals surface area contributed by atoms with Gasteiger partial charge in [-0.1, -0.05) is 12.8 Å². The Morgan fingerprint density at radius 3 is 2.22 bits per heavy atom.